The Morgan fingerprint density at radius 3 is 3.11 bits per heavy atom. The molecule has 0 aliphatic carbocycles. The minimum Gasteiger partial charge on any atom is -0.298 e. The molecule has 4 nitrogen and oxygen atoms in total. The van der Waals surface area contributed by atoms with Gasteiger partial charge in [0.1, 0.15) is 0 Å². The maximum Gasteiger partial charge on any atom is 0.233 e. The van der Waals surface area contributed by atoms with Gasteiger partial charge in [-0.25, -0.2) is 0 Å². The molecule has 0 bridgehead atoms. The molecule has 0 atom stereocenters. The van der Waals surface area contributed by atoms with E-state index in [1.807, 2.05) is 5.41 Å². The summed E-state index contributed by atoms with van der Waals surface area (Å²) in [5.41, 5.74) is 5.30. The third kappa shape index (κ3) is 1.95. The summed E-state index contributed by atoms with van der Waals surface area (Å²) in [6, 6.07) is 0. The van der Waals surface area contributed by atoms with Crippen molar-refractivity contribution in [1.82, 2.24) is 15.4 Å². The highest BCUT2D eigenvalue weighted by molar-refractivity contribution is 8.00. The molecule has 1 heterocycles. The summed E-state index contributed by atoms with van der Waals surface area (Å²) < 4.78 is 1.52. The van der Waals surface area contributed by atoms with Gasteiger partial charge in [0.15, 0.2) is 0 Å². The summed E-state index contributed by atoms with van der Waals surface area (Å²) in [5.74, 6) is -0.0845. The van der Waals surface area contributed by atoms with E-state index in [4.69, 9.17) is 0 Å². The van der Waals surface area contributed by atoms with Crippen LogP contribution in [0.25, 0.3) is 0 Å². The molecule has 0 saturated heterocycles. The van der Waals surface area contributed by atoms with E-state index in [9.17, 15) is 4.79 Å². The van der Waals surface area contributed by atoms with Crippen LogP contribution in [0.5, 0.6) is 0 Å². The highest BCUT2D eigenvalue weighted by Crippen LogP contribution is 2.09. The first kappa shape index (κ1) is 6.44. The van der Waals surface area contributed by atoms with E-state index in [0.717, 1.165) is 0 Å². The maximum absolute atomic E-state index is 10.4. The molecule has 5 heteroatoms. The summed E-state index contributed by atoms with van der Waals surface area (Å²) in [6.45, 7) is 1.46. The van der Waals surface area contributed by atoms with Crippen molar-refractivity contribution in [3.05, 3.63) is 11.6 Å². The molecular weight excluding hydrogens is 138 g/mol. The molecule has 0 unspecified atom stereocenters. The Labute approximate surface area is 57.4 Å². The first-order chi connectivity index (χ1) is 4.29. The second kappa shape index (κ2) is 2.75. The average Bonchev–Trinajstić information content (AvgIpc) is 2.15. The third-order valence-electron chi connectivity index (χ3n) is 0.685. The molecule has 1 rings (SSSR count). The molecule has 1 amide bonds. The van der Waals surface area contributed by atoms with E-state index in [1.165, 1.54) is 23.4 Å². The normalized spacial score (nSPS) is 17.4. The standard InChI is InChI=1S/C4H7N3OS/c1-4(8)6-7-5-2-3-9-7/h2-3,5H,1H3,(H,6,8). The van der Waals surface area contributed by atoms with Crippen LogP contribution in [0, 0.1) is 0 Å². The summed E-state index contributed by atoms with van der Waals surface area (Å²) in [5, 5.41) is 1.83. The Hall–Kier alpha value is -0.680. The molecular formula is C4H7N3OS. The quantitative estimate of drug-likeness (QED) is 0.509. The van der Waals surface area contributed by atoms with Crippen LogP contribution in [-0.4, -0.2) is 10.4 Å². The highest BCUT2D eigenvalue weighted by atomic mass is 32.2. The smallest absolute Gasteiger partial charge is 0.233 e. The lowest BCUT2D eigenvalue weighted by atomic mass is 10.8. The van der Waals surface area contributed by atoms with Crippen LogP contribution >= 0.6 is 11.9 Å². The fourth-order valence-electron chi connectivity index (χ4n) is 0.421. The largest absolute Gasteiger partial charge is 0.298 e. The first-order valence-electron chi connectivity index (χ1n) is 2.44. The fourth-order valence-corrected chi connectivity index (χ4v) is 0.968. The molecule has 0 fully saturated rings. The van der Waals surface area contributed by atoms with Crippen LogP contribution in [-0.2, 0) is 4.79 Å². The van der Waals surface area contributed by atoms with Crippen LogP contribution in [0.4, 0.5) is 0 Å². The van der Waals surface area contributed by atoms with Gasteiger partial charge in [-0.1, -0.05) is 4.52 Å². The minimum absolute atomic E-state index is 0.0845. The van der Waals surface area contributed by atoms with Gasteiger partial charge in [0, 0.05) is 18.5 Å². The number of carbonyl (C=O) groups excluding carboxylic acids is 1. The molecule has 2 N–H and O–H groups in total. The second-order valence-corrected chi connectivity index (χ2v) is 2.35. The van der Waals surface area contributed by atoms with Gasteiger partial charge in [0.2, 0.25) is 5.91 Å². The highest BCUT2D eigenvalue weighted by Gasteiger charge is 2.05. The molecule has 0 radical (unpaired) electrons. The van der Waals surface area contributed by atoms with E-state index < -0.39 is 0 Å². The van der Waals surface area contributed by atoms with Crippen LogP contribution in [0.15, 0.2) is 11.6 Å². The number of nitrogens with zero attached hydrogens (tertiary/aromatic N) is 1. The van der Waals surface area contributed by atoms with E-state index in [2.05, 4.69) is 10.9 Å². The summed E-state index contributed by atoms with van der Waals surface area (Å²) in [7, 11) is 0. The van der Waals surface area contributed by atoms with E-state index in [-0.39, 0.29) is 5.91 Å². The van der Waals surface area contributed by atoms with Crippen molar-refractivity contribution in [2.45, 2.75) is 6.92 Å². The Balaban J connectivity index is 2.22. The zero-order chi connectivity index (χ0) is 6.69. The zero-order valence-corrected chi connectivity index (χ0v) is 5.73. The van der Waals surface area contributed by atoms with Crippen LogP contribution in [0.1, 0.15) is 6.92 Å². The lowest BCUT2D eigenvalue weighted by molar-refractivity contribution is -0.122. The third-order valence-corrected chi connectivity index (χ3v) is 1.35. The van der Waals surface area contributed by atoms with Crippen molar-refractivity contribution in [2.24, 2.45) is 0 Å². The molecule has 0 saturated carbocycles. The Bertz CT molecular complexity index is 139. The van der Waals surface area contributed by atoms with Crippen molar-refractivity contribution in [1.29, 1.82) is 0 Å². The predicted octanol–water partition coefficient (Wildman–Crippen LogP) is -0.0229. The van der Waals surface area contributed by atoms with Gasteiger partial charge in [-0.15, -0.1) is 0 Å². The lowest BCUT2D eigenvalue weighted by Gasteiger charge is -2.12. The molecule has 0 aromatic heterocycles. The summed E-state index contributed by atoms with van der Waals surface area (Å²) in [4.78, 5) is 10.4. The van der Waals surface area contributed by atoms with Gasteiger partial charge in [-0.3, -0.25) is 15.6 Å². The topological polar surface area (TPSA) is 44.4 Å². The van der Waals surface area contributed by atoms with Gasteiger partial charge in [0.05, 0.1) is 0 Å². The van der Waals surface area contributed by atoms with Gasteiger partial charge in [0.25, 0.3) is 0 Å². The molecule has 0 aromatic rings. The molecule has 9 heavy (non-hydrogen) atoms. The first-order valence-corrected chi connectivity index (χ1v) is 3.28. The van der Waals surface area contributed by atoms with Gasteiger partial charge < -0.3 is 0 Å². The van der Waals surface area contributed by atoms with E-state index in [0.29, 0.717) is 0 Å². The fraction of sp³-hybridized carbons (Fsp3) is 0.250. The Kier molecular flexibility index (Phi) is 1.96. The number of carbonyl (C=O) groups is 1. The second-order valence-electron chi connectivity index (χ2n) is 1.50. The molecule has 1 aliphatic heterocycles. The van der Waals surface area contributed by atoms with Crippen molar-refractivity contribution in [2.75, 3.05) is 0 Å². The van der Waals surface area contributed by atoms with Crippen LogP contribution < -0.4 is 10.9 Å². The van der Waals surface area contributed by atoms with Gasteiger partial charge in [-0.05, 0) is 11.9 Å². The Morgan fingerprint density at radius 2 is 2.67 bits per heavy atom. The number of amides is 1. The van der Waals surface area contributed by atoms with Gasteiger partial charge >= 0.3 is 0 Å². The van der Waals surface area contributed by atoms with Gasteiger partial charge in [-0.2, -0.15) is 0 Å². The van der Waals surface area contributed by atoms with E-state index >= 15 is 0 Å². The number of hydrogen-bond donors (Lipinski definition) is 2. The SMILES string of the molecule is CC(=O)NN1NC=CS1. The van der Waals surface area contributed by atoms with E-state index in [1.54, 1.807) is 6.20 Å². The van der Waals surface area contributed by atoms with Crippen LogP contribution in [0.3, 0.4) is 0 Å². The lowest BCUT2D eigenvalue weighted by Crippen LogP contribution is -2.40. The molecule has 0 aromatic carbocycles. The average molecular weight is 145 g/mol. The van der Waals surface area contributed by atoms with Crippen molar-refractivity contribution < 1.29 is 4.79 Å². The number of rotatable bonds is 1. The number of hydrazine groups is 2. The number of hydrogen-bond acceptors (Lipinski definition) is 4. The minimum atomic E-state index is -0.0845. The molecule has 1 aliphatic rings. The monoisotopic (exact) mass is 145 g/mol. The zero-order valence-electron chi connectivity index (χ0n) is 4.92. The number of nitrogens with one attached hydrogen (secondary N) is 2. The summed E-state index contributed by atoms with van der Waals surface area (Å²) >= 11 is 1.38. The van der Waals surface area contributed by atoms with Crippen LogP contribution in [0.2, 0.25) is 0 Å². The summed E-state index contributed by atoms with van der Waals surface area (Å²) in [6.07, 6.45) is 1.74. The van der Waals surface area contributed by atoms with Crippen molar-refractivity contribution in [3.8, 4) is 0 Å². The van der Waals surface area contributed by atoms with Crippen molar-refractivity contribution >= 4 is 17.9 Å². The van der Waals surface area contributed by atoms with Crippen molar-refractivity contribution in [3.63, 3.8) is 0 Å². The predicted molar refractivity (Wildman–Crippen MR) is 35.5 cm³/mol. The maximum atomic E-state index is 10.4. The molecule has 50 valence electrons. The molecule has 0 spiro atoms. The Morgan fingerprint density at radius 1 is 1.89 bits per heavy atom.